The Kier molecular flexibility index (Phi) is 4.77. The Morgan fingerprint density at radius 3 is 2.52 bits per heavy atom. The van der Waals surface area contributed by atoms with E-state index in [-0.39, 0.29) is 18.0 Å². The van der Waals surface area contributed by atoms with Gasteiger partial charge in [-0.15, -0.1) is 11.3 Å². The highest BCUT2D eigenvalue weighted by molar-refractivity contribution is 7.12. The highest BCUT2D eigenvalue weighted by atomic mass is 32.1. The van der Waals surface area contributed by atoms with Gasteiger partial charge in [0.1, 0.15) is 18.7 Å². The molecule has 114 valence electrons. The maximum atomic E-state index is 12.5. The van der Waals surface area contributed by atoms with E-state index in [1.807, 2.05) is 6.92 Å². The summed E-state index contributed by atoms with van der Waals surface area (Å²) in [4.78, 5) is 18.9. The maximum Gasteiger partial charge on any atom is 0.245 e. The zero-order valence-corrected chi connectivity index (χ0v) is 13.9. The molecule has 0 radical (unpaired) electrons. The average molecular weight is 306 g/mol. The van der Waals surface area contributed by atoms with Crippen molar-refractivity contribution < 1.29 is 4.79 Å². The summed E-state index contributed by atoms with van der Waals surface area (Å²) >= 11 is 1.77. The topological polar surface area (TPSA) is 59.8 Å². The minimum Gasteiger partial charge on any atom is -0.347 e. The molecule has 0 spiro atoms. The third-order valence-corrected chi connectivity index (χ3v) is 4.57. The second-order valence-corrected chi connectivity index (χ2v) is 7.11. The summed E-state index contributed by atoms with van der Waals surface area (Å²) in [6.07, 6.45) is 3.00. The van der Waals surface area contributed by atoms with Crippen molar-refractivity contribution in [3.63, 3.8) is 0 Å². The summed E-state index contributed by atoms with van der Waals surface area (Å²) in [5.41, 5.74) is 1.21. The largest absolute Gasteiger partial charge is 0.347 e. The molecule has 2 heterocycles. The zero-order chi connectivity index (χ0) is 15.6. The normalized spacial score (nSPS) is 14.2. The Bertz CT molecular complexity index is 603. The second-order valence-electron chi connectivity index (χ2n) is 5.65. The summed E-state index contributed by atoms with van der Waals surface area (Å²) in [6, 6.07) is 1.83. The maximum absolute atomic E-state index is 12.5. The van der Waals surface area contributed by atoms with Gasteiger partial charge in [-0.1, -0.05) is 13.8 Å². The molecule has 2 aromatic rings. The predicted octanol–water partition coefficient (Wildman–Crippen LogP) is 3.03. The van der Waals surface area contributed by atoms with Crippen LogP contribution in [0.5, 0.6) is 0 Å². The fraction of sp³-hybridized carbons (Fsp3) is 0.533. The molecule has 1 amide bonds. The van der Waals surface area contributed by atoms with Crippen LogP contribution in [-0.2, 0) is 4.79 Å². The number of nitrogens with zero attached hydrogens (tertiary/aromatic N) is 3. The van der Waals surface area contributed by atoms with E-state index in [9.17, 15) is 4.79 Å². The van der Waals surface area contributed by atoms with E-state index in [4.69, 9.17) is 0 Å². The molecule has 0 aliphatic heterocycles. The molecule has 0 fully saturated rings. The van der Waals surface area contributed by atoms with E-state index in [0.29, 0.717) is 5.92 Å². The summed E-state index contributed by atoms with van der Waals surface area (Å²) in [7, 11) is 0. The first-order valence-corrected chi connectivity index (χ1v) is 7.93. The number of carbonyl (C=O) groups is 1. The fourth-order valence-electron chi connectivity index (χ4n) is 2.37. The third kappa shape index (κ3) is 3.50. The van der Waals surface area contributed by atoms with Crippen molar-refractivity contribution in [1.82, 2.24) is 20.1 Å². The number of hydrogen-bond acceptors (Lipinski definition) is 4. The lowest BCUT2D eigenvalue weighted by Crippen LogP contribution is -2.36. The molecule has 0 aliphatic rings. The Balaban J connectivity index is 2.17. The first-order chi connectivity index (χ1) is 9.90. The lowest BCUT2D eigenvalue weighted by Gasteiger charge is -2.24. The van der Waals surface area contributed by atoms with Crippen LogP contribution in [0.4, 0.5) is 0 Å². The van der Waals surface area contributed by atoms with Crippen LogP contribution in [0.1, 0.15) is 48.2 Å². The van der Waals surface area contributed by atoms with Crippen LogP contribution in [-0.4, -0.2) is 20.7 Å². The number of amides is 1. The highest BCUT2D eigenvalue weighted by Gasteiger charge is 2.24. The zero-order valence-electron chi connectivity index (χ0n) is 13.1. The van der Waals surface area contributed by atoms with Crippen LogP contribution in [0, 0.1) is 19.8 Å². The molecule has 2 atom stereocenters. The van der Waals surface area contributed by atoms with Crippen LogP contribution >= 0.6 is 11.3 Å². The number of thiophene rings is 1. The number of carbonyl (C=O) groups excluding carboxylic acids is 1. The standard InChI is InChI=1S/C15H22N4OS/c1-9(2)14(13-6-10(3)21-12(13)5)18-15(20)11(4)19-8-16-7-17-19/h6-9,11,14H,1-5H3,(H,18,20)/t11-,14-/m1/s1. The Morgan fingerprint density at radius 2 is 2.05 bits per heavy atom. The molecular formula is C15H22N4OS. The van der Waals surface area contributed by atoms with Crippen molar-refractivity contribution in [1.29, 1.82) is 0 Å². The van der Waals surface area contributed by atoms with Crippen molar-refractivity contribution in [3.8, 4) is 0 Å². The minimum absolute atomic E-state index is 0.0217. The van der Waals surface area contributed by atoms with Gasteiger partial charge in [0, 0.05) is 9.75 Å². The van der Waals surface area contributed by atoms with Gasteiger partial charge in [-0.05, 0) is 38.3 Å². The quantitative estimate of drug-likeness (QED) is 0.923. The summed E-state index contributed by atoms with van der Waals surface area (Å²) in [5.74, 6) is 0.284. The molecule has 2 aromatic heterocycles. The van der Waals surface area contributed by atoms with E-state index in [0.717, 1.165) is 0 Å². The number of rotatable bonds is 5. The molecule has 6 heteroatoms. The van der Waals surface area contributed by atoms with Crippen molar-refractivity contribution in [3.05, 3.63) is 34.0 Å². The Morgan fingerprint density at radius 1 is 1.33 bits per heavy atom. The van der Waals surface area contributed by atoms with Gasteiger partial charge >= 0.3 is 0 Å². The lowest BCUT2D eigenvalue weighted by atomic mass is 9.96. The molecule has 1 N–H and O–H groups in total. The second kappa shape index (κ2) is 6.39. The molecule has 2 rings (SSSR count). The molecule has 0 saturated heterocycles. The predicted molar refractivity (Wildman–Crippen MR) is 84.2 cm³/mol. The summed E-state index contributed by atoms with van der Waals surface area (Å²) in [5, 5.41) is 7.18. The van der Waals surface area contributed by atoms with E-state index in [2.05, 4.69) is 49.2 Å². The summed E-state index contributed by atoms with van der Waals surface area (Å²) < 4.78 is 1.57. The van der Waals surface area contributed by atoms with Crippen molar-refractivity contribution >= 4 is 17.2 Å². The van der Waals surface area contributed by atoms with Crippen molar-refractivity contribution in [2.45, 2.75) is 46.7 Å². The van der Waals surface area contributed by atoms with E-state index in [1.54, 1.807) is 22.3 Å². The van der Waals surface area contributed by atoms with Gasteiger partial charge in [-0.3, -0.25) is 4.79 Å². The first-order valence-electron chi connectivity index (χ1n) is 7.11. The third-order valence-electron chi connectivity index (χ3n) is 3.59. The van der Waals surface area contributed by atoms with Gasteiger partial charge in [-0.2, -0.15) is 5.10 Å². The van der Waals surface area contributed by atoms with Gasteiger partial charge < -0.3 is 5.32 Å². The van der Waals surface area contributed by atoms with Crippen LogP contribution < -0.4 is 5.32 Å². The van der Waals surface area contributed by atoms with E-state index in [1.165, 1.54) is 21.6 Å². The number of aryl methyl sites for hydroxylation is 2. The van der Waals surface area contributed by atoms with Crippen LogP contribution in [0.15, 0.2) is 18.7 Å². The van der Waals surface area contributed by atoms with Gasteiger partial charge in [0.15, 0.2) is 0 Å². The number of hydrogen-bond donors (Lipinski definition) is 1. The van der Waals surface area contributed by atoms with Gasteiger partial charge in [0.25, 0.3) is 0 Å². The monoisotopic (exact) mass is 306 g/mol. The molecule has 0 aromatic carbocycles. The molecule has 0 saturated carbocycles. The molecule has 5 nitrogen and oxygen atoms in total. The van der Waals surface area contributed by atoms with Gasteiger partial charge in [0.2, 0.25) is 5.91 Å². The van der Waals surface area contributed by atoms with Gasteiger partial charge in [0.05, 0.1) is 6.04 Å². The van der Waals surface area contributed by atoms with Crippen LogP contribution in [0.2, 0.25) is 0 Å². The smallest absolute Gasteiger partial charge is 0.245 e. The van der Waals surface area contributed by atoms with Crippen molar-refractivity contribution in [2.24, 2.45) is 5.92 Å². The Hall–Kier alpha value is -1.69. The highest BCUT2D eigenvalue weighted by Crippen LogP contribution is 2.31. The number of nitrogens with one attached hydrogen (secondary N) is 1. The first kappa shape index (κ1) is 15.7. The number of aromatic nitrogens is 3. The average Bonchev–Trinajstić information content (AvgIpc) is 3.04. The van der Waals surface area contributed by atoms with E-state index < -0.39 is 0 Å². The SMILES string of the molecule is Cc1cc([C@H](NC(=O)[C@@H](C)n2cncn2)C(C)C)c(C)s1. The molecular weight excluding hydrogens is 284 g/mol. The van der Waals surface area contributed by atoms with Gasteiger partial charge in [-0.25, -0.2) is 9.67 Å². The van der Waals surface area contributed by atoms with Crippen molar-refractivity contribution in [2.75, 3.05) is 0 Å². The Labute approximate surface area is 129 Å². The minimum atomic E-state index is -0.367. The molecule has 0 aliphatic carbocycles. The summed E-state index contributed by atoms with van der Waals surface area (Å²) in [6.45, 7) is 10.3. The lowest BCUT2D eigenvalue weighted by molar-refractivity contribution is -0.125. The van der Waals surface area contributed by atoms with Crippen LogP contribution in [0.25, 0.3) is 0 Å². The molecule has 0 unspecified atom stereocenters. The van der Waals surface area contributed by atoms with Crippen LogP contribution in [0.3, 0.4) is 0 Å². The fourth-order valence-corrected chi connectivity index (χ4v) is 3.35. The van der Waals surface area contributed by atoms with E-state index >= 15 is 0 Å². The molecule has 0 bridgehead atoms. The molecule has 21 heavy (non-hydrogen) atoms.